The fourth-order valence-corrected chi connectivity index (χ4v) is 3.73. The Kier molecular flexibility index (Phi) is 5.45. The van der Waals surface area contributed by atoms with Gasteiger partial charge in [0.05, 0.1) is 18.4 Å². The average molecular weight is 319 g/mol. The number of carbonyl (C=O) groups excluding carboxylic acids is 1. The topological polar surface area (TPSA) is 87.7 Å². The van der Waals surface area contributed by atoms with Crippen LogP contribution in [0.2, 0.25) is 0 Å². The Hall–Kier alpha value is -0.860. The molecule has 0 aliphatic carbocycles. The second-order valence-electron chi connectivity index (χ2n) is 5.89. The Bertz CT molecular complexity index is 454. The number of carbonyl (C=O) groups is 1. The molecular formula is C13H25N3O4S. The predicted octanol–water partition coefficient (Wildman–Crippen LogP) is 0.277. The fourth-order valence-electron chi connectivity index (χ4n) is 2.86. The molecule has 2 atom stereocenters. The van der Waals surface area contributed by atoms with Gasteiger partial charge in [0.2, 0.25) is 10.0 Å². The Morgan fingerprint density at radius 3 is 2.48 bits per heavy atom. The van der Waals surface area contributed by atoms with E-state index in [2.05, 4.69) is 10.6 Å². The minimum absolute atomic E-state index is 0.0105. The van der Waals surface area contributed by atoms with Crippen molar-refractivity contribution in [1.29, 1.82) is 0 Å². The molecule has 2 saturated heterocycles. The van der Waals surface area contributed by atoms with Crippen molar-refractivity contribution < 1.29 is 17.9 Å². The van der Waals surface area contributed by atoms with Crippen molar-refractivity contribution in [3.8, 4) is 0 Å². The van der Waals surface area contributed by atoms with Crippen LogP contribution in [0.4, 0.5) is 4.79 Å². The summed E-state index contributed by atoms with van der Waals surface area (Å²) < 4.78 is 29.8. The second kappa shape index (κ2) is 6.93. The molecule has 2 heterocycles. The van der Waals surface area contributed by atoms with Gasteiger partial charge in [-0.25, -0.2) is 17.5 Å². The smallest absolute Gasteiger partial charge is 0.315 e. The third-order valence-electron chi connectivity index (χ3n) is 4.14. The van der Waals surface area contributed by atoms with E-state index in [9.17, 15) is 13.2 Å². The number of hydrogen-bond donors (Lipinski definition) is 2. The number of ether oxygens (including phenoxy) is 1. The molecule has 2 fully saturated rings. The van der Waals surface area contributed by atoms with Gasteiger partial charge in [-0.15, -0.1) is 0 Å². The molecule has 0 spiro atoms. The lowest BCUT2D eigenvalue weighted by Crippen LogP contribution is -2.52. The van der Waals surface area contributed by atoms with E-state index in [1.165, 1.54) is 10.6 Å². The SMILES string of the molecule is CC(NC(=O)NC1CCN(S(C)(=O)=O)CC1)C1CCCO1. The van der Waals surface area contributed by atoms with Gasteiger partial charge in [0.15, 0.2) is 0 Å². The van der Waals surface area contributed by atoms with E-state index in [0.29, 0.717) is 25.9 Å². The molecule has 122 valence electrons. The Morgan fingerprint density at radius 2 is 1.95 bits per heavy atom. The van der Waals surface area contributed by atoms with Crippen LogP contribution in [0.15, 0.2) is 0 Å². The zero-order valence-corrected chi connectivity index (χ0v) is 13.5. The maximum Gasteiger partial charge on any atom is 0.315 e. The lowest BCUT2D eigenvalue weighted by molar-refractivity contribution is 0.0857. The van der Waals surface area contributed by atoms with Crippen LogP contribution >= 0.6 is 0 Å². The van der Waals surface area contributed by atoms with E-state index in [0.717, 1.165) is 19.4 Å². The highest BCUT2D eigenvalue weighted by Crippen LogP contribution is 2.16. The zero-order chi connectivity index (χ0) is 15.5. The van der Waals surface area contributed by atoms with Crippen molar-refractivity contribution in [2.24, 2.45) is 0 Å². The Balaban J connectivity index is 1.71. The van der Waals surface area contributed by atoms with Gasteiger partial charge in [-0.3, -0.25) is 0 Å². The number of sulfonamides is 1. The fraction of sp³-hybridized carbons (Fsp3) is 0.923. The molecule has 0 saturated carbocycles. The molecular weight excluding hydrogens is 294 g/mol. The quantitative estimate of drug-likeness (QED) is 0.779. The first-order chi connectivity index (χ1) is 9.86. The van der Waals surface area contributed by atoms with Crippen LogP contribution in [0.3, 0.4) is 0 Å². The summed E-state index contributed by atoms with van der Waals surface area (Å²) in [4.78, 5) is 11.9. The lowest BCUT2D eigenvalue weighted by atomic mass is 10.1. The van der Waals surface area contributed by atoms with Gasteiger partial charge < -0.3 is 15.4 Å². The lowest BCUT2D eigenvalue weighted by Gasteiger charge is -2.31. The van der Waals surface area contributed by atoms with E-state index >= 15 is 0 Å². The summed E-state index contributed by atoms with van der Waals surface area (Å²) in [7, 11) is -3.12. The number of rotatable bonds is 4. The van der Waals surface area contributed by atoms with Crippen LogP contribution in [-0.2, 0) is 14.8 Å². The monoisotopic (exact) mass is 319 g/mol. The van der Waals surface area contributed by atoms with E-state index in [1.54, 1.807) is 0 Å². The van der Waals surface area contributed by atoms with Crippen LogP contribution in [0.25, 0.3) is 0 Å². The Labute approximate surface area is 126 Å². The van der Waals surface area contributed by atoms with Crippen molar-refractivity contribution in [2.75, 3.05) is 26.0 Å². The van der Waals surface area contributed by atoms with E-state index in [-0.39, 0.29) is 24.2 Å². The highest BCUT2D eigenvalue weighted by Gasteiger charge is 2.27. The van der Waals surface area contributed by atoms with Crippen molar-refractivity contribution in [3.63, 3.8) is 0 Å². The molecule has 0 aromatic carbocycles. The standard InChI is InChI=1S/C13H25N3O4S/c1-10(12-4-3-9-20-12)14-13(17)15-11-5-7-16(8-6-11)21(2,18)19/h10-12H,3-9H2,1-2H3,(H2,14,15,17). The summed E-state index contributed by atoms with van der Waals surface area (Å²) >= 11 is 0. The van der Waals surface area contributed by atoms with Gasteiger partial charge in [0.25, 0.3) is 0 Å². The van der Waals surface area contributed by atoms with Gasteiger partial charge in [-0.2, -0.15) is 0 Å². The molecule has 0 aromatic heterocycles. The van der Waals surface area contributed by atoms with E-state index in [4.69, 9.17) is 4.74 Å². The molecule has 2 rings (SSSR count). The van der Waals surface area contributed by atoms with Crippen LogP contribution in [0, 0.1) is 0 Å². The molecule has 0 radical (unpaired) electrons. The molecule has 7 nitrogen and oxygen atoms in total. The molecule has 21 heavy (non-hydrogen) atoms. The summed E-state index contributed by atoms with van der Waals surface area (Å²) in [6.45, 7) is 3.64. The van der Waals surface area contributed by atoms with Crippen molar-refractivity contribution in [3.05, 3.63) is 0 Å². The summed E-state index contributed by atoms with van der Waals surface area (Å²) in [5.41, 5.74) is 0. The average Bonchev–Trinajstić information content (AvgIpc) is 2.92. The predicted molar refractivity (Wildman–Crippen MR) is 79.5 cm³/mol. The minimum atomic E-state index is -3.12. The van der Waals surface area contributed by atoms with Crippen molar-refractivity contribution >= 4 is 16.1 Å². The number of amides is 2. The molecule has 0 aromatic rings. The summed E-state index contributed by atoms with van der Waals surface area (Å²) in [6.07, 6.45) is 4.64. The van der Waals surface area contributed by atoms with Gasteiger partial charge in [-0.1, -0.05) is 0 Å². The summed E-state index contributed by atoms with van der Waals surface area (Å²) in [5.74, 6) is 0. The molecule has 2 amide bonds. The molecule has 2 aliphatic rings. The van der Waals surface area contributed by atoms with Crippen LogP contribution in [0.5, 0.6) is 0 Å². The maximum absolute atomic E-state index is 11.9. The summed E-state index contributed by atoms with van der Waals surface area (Å²) in [6, 6.07) is -0.181. The molecule has 2 aliphatic heterocycles. The third kappa shape index (κ3) is 4.82. The van der Waals surface area contributed by atoms with Crippen molar-refractivity contribution in [2.45, 2.75) is 50.8 Å². The third-order valence-corrected chi connectivity index (χ3v) is 5.44. The van der Waals surface area contributed by atoms with E-state index < -0.39 is 10.0 Å². The highest BCUT2D eigenvalue weighted by atomic mass is 32.2. The van der Waals surface area contributed by atoms with Gasteiger partial charge in [0.1, 0.15) is 0 Å². The number of urea groups is 1. The minimum Gasteiger partial charge on any atom is -0.376 e. The van der Waals surface area contributed by atoms with E-state index in [1.807, 2.05) is 6.92 Å². The second-order valence-corrected chi connectivity index (χ2v) is 7.88. The first kappa shape index (κ1) is 16.5. The normalized spacial score (nSPS) is 26.5. The van der Waals surface area contributed by atoms with Crippen LogP contribution in [-0.4, -0.2) is 62.9 Å². The number of piperidine rings is 1. The first-order valence-electron chi connectivity index (χ1n) is 7.50. The number of nitrogens with one attached hydrogen (secondary N) is 2. The largest absolute Gasteiger partial charge is 0.376 e. The van der Waals surface area contributed by atoms with Gasteiger partial charge in [0, 0.05) is 25.7 Å². The Morgan fingerprint density at radius 1 is 1.29 bits per heavy atom. The summed E-state index contributed by atoms with van der Waals surface area (Å²) in [5, 5.41) is 5.82. The van der Waals surface area contributed by atoms with Gasteiger partial charge in [-0.05, 0) is 32.6 Å². The van der Waals surface area contributed by atoms with Crippen molar-refractivity contribution in [1.82, 2.24) is 14.9 Å². The zero-order valence-electron chi connectivity index (χ0n) is 12.7. The molecule has 0 bridgehead atoms. The molecule has 8 heteroatoms. The molecule has 2 N–H and O–H groups in total. The number of hydrogen-bond acceptors (Lipinski definition) is 4. The molecule has 2 unspecified atom stereocenters. The maximum atomic E-state index is 11.9. The van der Waals surface area contributed by atoms with Crippen LogP contribution in [0.1, 0.15) is 32.6 Å². The number of nitrogens with zero attached hydrogens (tertiary/aromatic N) is 1. The highest BCUT2D eigenvalue weighted by molar-refractivity contribution is 7.88. The van der Waals surface area contributed by atoms with Gasteiger partial charge >= 0.3 is 6.03 Å². The first-order valence-corrected chi connectivity index (χ1v) is 9.35. The van der Waals surface area contributed by atoms with Crippen LogP contribution < -0.4 is 10.6 Å².